The van der Waals surface area contributed by atoms with Crippen molar-refractivity contribution in [1.29, 1.82) is 0 Å². The summed E-state index contributed by atoms with van der Waals surface area (Å²) in [6, 6.07) is 11.3. The first-order chi connectivity index (χ1) is 19.3. The van der Waals surface area contributed by atoms with Gasteiger partial charge in [0.25, 0.3) is 5.56 Å². The number of ether oxygens (including phenoxy) is 1. The van der Waals surface area contributed by atoms with Gasteiger partial charge in [0.05, 0.1) is 29.0 Å². The van der Waals surface area contributed by atoms with E-state index in [0.717, 1.165) is 56.3 Å². The van der Waals surface area contributed by atoms with Crippen LogP contribution >= 0.6 is 46.8 Å². The molecule has 2 aromatic heterocycles. The molecule has 0 radical (unpaired) electrons. The van der Waals surface area contributed by atoms with E-state index in [1.165, 1.54) is 0 Å². The second kappa shape index (κ2) is 13.1. The number of rotatable bonds is 10. The van der Waals surface area contributed by atoms with Gasteiger partial charge in [-0.3, -0.25) is 9.69 Å². The summed E-state index contributed by atoms with van der Waals surface area (Å²) in [6.45, 7) is 8.77. The number of aromatic amines is 1. The summed E-state index contributed by atoms with van der Waals surface area (Å²) >= 11 is 20.9. The summed E-state index contributed by atoms with van der Waals surface area (Å²) < 4.78 is 10.4. The zero-order valence-electron chi connectivity index (χ0n) is 22.3. The van der Waals surface area contributed by atoms with Crippen LogP contribution < -0.4 is 10.3 Å². The number of hydrogen-bond acceptors (Lipinski definition) is 7. The highest BCUT2D eigenvalue weighted by Crippen LogP contribution is 2.34. The fourth-order valence-electron chi connectivity index (χ4n) is 4.68. The Morgan fingerprint density at radius 1 is 1.10 bits per heavy atom. The third-order valence-electron chi connectivity index (χ3n) is 6.69. The summed E-state index contributed by atoms with van der Waals surface area (Å²) in [7, 11) is 0. The quantitative estimate of drug-likeness (QED) is 0.153. The zero-order valence-corrected chi connectivity index (χ0v) is 25.4. The van der Waals surface area contributed by atoms with Gasteiger partial charge in [0.2, 0.25) is 0 Å². The normalized spacial score (nSPS) is 14.3. The highest BCUT2D eigenvalue weighted by Gasteiger charge is 2.23. The molecule has 8 nitrogen and oxygen atoms in total. The zero-order chi connectivity index (χ0) is 28.2. The van der Waals surface area contributed by atoms with Crippen LogP contribution in [0.15, 0.2) is 41.2 Å². The molecule has 0 saturated carbocycles. The molecule has 1 saturated heterocycles. The van der Waals surface area contributed by atoms with Crippen molar-refractivity contribution >= 4 is 63.5 Å². The van der Waals surface area contributed by atoms with Gasteiger partial charge in [0, 0.05) is 36.0 Å². The van der Waals surface area contributed by atoms with Crippen LogP contribution in [0.25, 0.3) is 16.7 Å². The number of H-pyrrole nitrogens is 1. The summed E-state index contributed by atoms with van der Waals surface area (Å²) in [6.07, 6.45) is 1.57. The Morgan fingerprint density at radius 3 is 2.48 bits per heavy atom. The molecule has 3 heterocycles. The molecule has 0 aliphatic carbocycles. The van der Waals surface area contributed by atoms with Gasteiger partial charge in [-0.25, -0.2) is 9.67 Å². The lowest BCUT2D eigenvalue weighted by molar-refractivity contribution is 0.0381. The lowest BCUT2D eigenvalue weighted by Gasteiger charge is -2.26. The van der Waals surface area contributed by atoms with Crippen molar-refractivity contribution in [3.8, 4) is 5.69 Å². The largest absolute Gasteiger partial charge is 0.379 e. The van der Waals surface area contributed by atoms with Crippen LogP contribution in [0.2, 0.25) is 15.1 Å². The van der Waals surface area contributed by atoms with Crippen LogP contribution in [0.3, 0.4) is 0 Å². The van der Waals surface area contributed by atoms with Gasteiger partial charge >= 0.3 is 0 Å². The Bertz CT molecular complexity index is 1510. The Labute approximate surface area is 252 Å². The van der Waals surface area contributed by atoms with E-state index in [0.29, 0.717) is 49.7 Å². The molecular weight excluding hydrogens is 591 g/mol. The number of morpholine rings is 1. The first kappa shape index (κ1) is 29.2. The van der Waals surface area contributed by atoms with Crippen molar-refractivity contribution in [3.63, 3.8) is 0 Å². The molecule has 12 heteroatoms. The Morgan fingerprint density at radius 2 is 1.80 bits per heavy atom. The number of anilines is 1. The molecule has 5 rings (SSSR count). The average Bonchev–Trinajstić information content (AvgIpc) is 3.29. The van der Waals surface area contributed by atoms with Gasteiger partial charge in [0.15, 0.2) is 5.65 Å². The number of nitrogens with zero attached hydrogens (tertiary/aromatic N) is 4. The number of fused-ring (bicyclic) bond motifs is 1. The van der Waals surface area contributed by atoms with E-state index in [-0.39, 0.29) is 11.5 Å². The maximum Gasteiger partial charge on any atom is 0.262 e. The molecule has 0 amide bonds. The second-order valence-electron chi connectivity index (χ2n) is 10.0. The number of aromatic nitrogens is 4. The number of hydrogen-bond donors (Lipinski definition) is 2. The number of halogens is 3. The van der Waals surface area contributed by atoms with Gasteiger partial charge in [-0.05, 0) is 48.7 Å². The lowest BCUT2D eigenvalue weighted by Crippen LogP contribution is -2.37. The minimum absolute atomic E-state index is 0.0142. The van der Waals surface area contributed by atoms with Crippen LogP contribution in [0.5, 0.6) is 0 Å². The molecule has 2 N–H and O–H groups in total. The van der Waals surface area contributed by atoms with Gasteiger partial charge in [-0.1, -0.05) is 72.7 Å². The maximum atomic E-state index is 13.3. The van der Waals surface area contributed by atoms with Crippen LogP contribution in [-0.2, 0) is 11.2 Å². The second-order valence-corrected chi connectivity index (χ2v) is 12.2. The van der Waals surface area contributed by atoms with E-state index in [1.807, 2.05) is 38.1 Å². The standard InChI is InChI=1S/C28H31Cl3N6O2S/c1-17(2)25-24-27(37(34-25)26-21(30)15-19(29)16-22(26)31)32-23(33-28(24)38)14-18-4-6-20(7-5-18)35-40-13-3-8-36-9-11-39-12-10-36/h4-7,15-17,35H,3,8-14H2,1-2H3,(H,32,33,38). The maximum absolute atomic E-state index is 13.3. The molecule has 4 aromatic rings. The molecule has 0 atom stereocenters. The average molecular weight is 622 g/mol. The van der Waals surface area contributed by atoms with Crippen LogP contribution in [0.4, 0.5) is 5.69 Å². The fourth-order valence-corrected chi connectivity index (χ4v) is 6.34. The summed E-state index contributed by atoms with van der Waals surface area (Å²) in [5.74, 6) is 1.53. The fraction of sp³-hybridized carbons (Fsp3) is 0.393. The molecule has 1 aliphatic rings. The molecule has 2 aromatic carbocycles. The summed E-state index contributed by atoms with van der Waals surface area (Å²) in [4.78, 5) is 23.5. The first-order valence-electron chi connectivity index (χ1n) is 13.2. The highest BCUT2D eigenvalue weighted by molar-refractivity contribution is 8.00. The van der Waals surface area contributed by atoms with Crippen molar-refractivity contribution in [2.45, 2.75) is 32.6 Å². The van der Waals surface area contributed by atoms with E-state index < -0.39 is 0 Å². The third-order valence-corrected chi connectivity index (χ3v) is 8.36. The van der Waals surface area contributed by atoms with Crippen LogP contribution in [0, 0.1) is 0 Å². The van der Waals surface area contributed by atoms with E-state index in [9.17, 15) is 4.79 Å². The van der Waals surface area contributed by atoms with E-state index >= 15 is 0 Å². The van der Waals surface area contributed by atoms with Gasteiger partial charge < -0.3 is 14.4 Å². The van der Waals surface area contributed by atoms with Crippen molar-refractivity contribution in [3.05, 3.63) is 78.9 Å². The molecule has 0 unspecified atom stereocenters. The van der Waals surface area contributed by atoms with E-state index in [1.54, 1.807) is 28.8 Å². The Balaban J connectivity index is 1.31. The van der Waals surface area contributed by atoms with Crippen molar-refractivity contribution < 1.29 is 4.74 Å². The van der Waals surface area contributed by atoms with Gasteiger partial charge in [0.1, 0.15) is 16.9 Å². The molecule has 0 bridgehead atoms. The van der Waals surface area contributed by atoms with Crippen molar-refractivity contribution in [1.82, 2.24) is 24.6 Å². The predicted molar refractivity (Wildman–Crippen MR) is 166 cm³/mol. The van der Waals surface area contributed by atoms with Gasteiger partial charge in [-0.2, -0.15) is 5.10 Å². The number of benzene rings is 2. The highest BCUT2D eigenvalue weighted by atomic mass is 35.5. The van der Waals surface area contributed by atoms with Crippen LogP contribution in [0.1, 0.15) is 43.3 Å². The van der Waals surface area contributed by atoms with Gasteiger partial charge in [-0.15, -0.1) is 0 Å². The van der Waals surface area contributed by atoms with E-state index in [4.69, 9.17) is 49.6 Å². The molecule has 212 valence electrons. The van der Waals surface area contributed by atoms with Crippen LogP contribution in [-0.4, -0.2) is 63.2 Å². The lowest BCUT2D eigenvalue weighted by atomic mass is 10.1. The smallest absolute Gasteiger partial charge is 0.262 e. The summed E-state index contributed by atoms with van der Waals surface area (Å²) in [5, 5.41) is 6.18. The predicted octanol–water partition coefficient (Wildman–Crippen LogP) is 6.57. The SMILES string of the molecule is CC(C)c1nn(-c2c(Cl)cc(Cl)cc2Cl)c2nc(Cc3ccc(NSCCCN4CCOCC4)cc3)[nH]c(=O)c12. The Kier molecular flexibility index (Phi) is 9.60. The van der Waals surface area contributed by atoms with Crippen molar-refractivity contribution in [2.24, 2.45) is 0 Å². The number of nitrogens with one attached hydrogen (secondary N) is 2. The topological polar surface area (TPSA) is 88.1 Å². The first-order valence-corrected chi connectivity index (χ1v) is 15.4. The monoisotopic (exact) mass is 620 g/mol. The molecule has 40 heavy (non-hydrogen) atoms. The minimum atomic E-state index is -0.247. The van der Waals surface area contributed by atoms with Crippen molar-refractivity contribution in [2.75, 3.05) is 43.3 Å². The summed E-state index contributed by atoms with van der Waals surface area (Å²) in [5.41, 5.74) is 3.26. The Hall–Kier alpha value is -2.27. The molecule has 0 spiro atoms. The minimum Gasteiger partial charge on any atom is -0.379 e. The molecule has 1 aliphatic heterocycles. The third kappa shape index (κ3) is 6.78. The molecule has 1 fully saturated rings. The van der Waals surface area contributed by atoms with E-state index in [2.05, 4.69) is 14.6 Å². The molecular formula is C28H31Cl3N6O2S.